The summed E-state index contributed by atoms with van der Waals surface area (Å²) in [6, 6.07) is 7.58. The Morgan fingerprint density at radius 3 is 3.00 bits per heavy atom. The highest BCUT2D eigenvalue weighted by molar-refractivity contribution is 5.82. The smallest absolute Gasteiger partial charge is 0.311 e. The molecule has 1 N–H and O–H groups in total. The summed E-state index contributed by atoms with van der Waals surface area (Å²) in [6.45, 7) is 2.12. The summed E-state index contributed by atoms with van der Waals surface area (Å²) in [4.78, 5) is 14.6. The lowest BCUT2D eigenvalue weighted by Gasteiger charge is -2.04. The van der Waals surface area contributed by atoms with Crippen molar-refractivity contribution < 1.29 is 9.53 Å². The van der Waals surface area contributed by atoms with Crippen molar-refractivity contribution in [2.75, 3.05) is 0 Å². The molecule has 0 atom stereocenters. The van der Waals surface area contributed by atoms with E-state index < -0.39 is 0 Å². The van der Waals surface area contributed by atoms with Gasteiger partial charge in [-0.2, -0.15) is 0 Å². The minimum absolute atomic E-state index is 0.145. The Kier molecular flexibility index (Phi) is 3.81. The Bertz CT molecular complexity index is 502. The van der Waals surface area contributed by atoms with Crippen molar-refractivity contribution in [3.8, 4) is 5.75 Å². The van der Waals surface area contributed by atoms with Crippen molar-refractivity contribution in [3.63, 3.8) is 0 Å². The summed E-state index contributed by atoms with van der Waals surface area (Å²) in [5.41, 5.74) is 1.05. The highest BCUT2D eigenvalue weighted by Crippen LogP contribution is 2.20. The molecule has 1 aromatic carbocycles. The number of carbonyl (C=O) groups excluding carboxylic acids is 1. The molecular weight excluding hydrogens is 214 g/mol. The molecule has 90 valence electrons. The van der Waals surface area contributed by atoms with Gasteiger partial charge in [-0.3, -0.25) is 4.79 Å². The number of aromatic nitrogens is 1. The Hall–Kier alpha value is -1.77. The highest BCUT2D eigenvalue weighted by atomic mass is 16.5. The van der Waals surface area contributed by atoms with Crippen LogP contribution in [0.2, 0.25) is 0 Å². The van der Waals surface area contributed by atoms with E-state index in [1.807, 2.05) is 30.5 Å². The molecule has 0 aliphatic carbocycles. The van der Waals surface area contributed by atoms with Gasteiger partial charge in [-0.15, -0.1) is 0 Å². The Labute approximate surface area is 101 Å². The fourth-order valence-corrected chi connectivity index (χ4v) is 1.80. The molecule has 17 heavy (non-hydrogen) atoms. The van der Waals surface area contributed by atoms with Crippen LogP contribution >= 0.6 is 0 Å². The molecule has 0 amide bonds. The van der Waals surface area contributed by atoms with Crippen LogP contribution in [0.3, 0.4) is 0 Å². The van der Waals surface area contributed by atoms with Crippen molar-refractivity contribution in [1.82, 2.24) is 4.98 Å². The number of benzene rings is 1. The molecule has 0 radical (unpaired) electrons. The zero-order valence-electron chi connectivity index (χ0n) is 10.0. The van der Waals surface area contributed by atoms with Crippen molar-refractivity contribution in [3.05, 3.63) is 30.5 Å². The number of aromatic amines is 1. The number of hydrogen-bond donors (Lipinski definition) is 1. The number of H-pyrrole nitrogens is 1. The molecule has 0 bridgehead atoms. The van der Waals surface area contributed by atoms with Crippen LogP contribution in [0.15, 0.2) is 30.5 Å². The molecule has 0 saturated carbocycles. The van der Waals surface area contributed by atoms with Gasteiger partial charge in [-0.1, -0.05) is 19.8 Å². The molecule has 1 aromatic heterocycles. The standard InChI is InChI=1S/C14H17NO2/c1-2-3-4-5-14(16)17-12-6-7-13-11(10-12)8-9-15-13/h6-10,15H,2-5H2,1H3. The first-order valence-electron chi connectivity index (χ1n) is 6.07. The van der Waals surface area contributed by atoms with E-state index in [9.17, 15) is 4.79 Å². The van der Waals surface area contributed by atoms with Crippen LogP contribution in [-0.2, 0) is 4.79 Å². The lowest BCUT2D eigenvalue weighted by Crippen LogP contribution is -2.07. The van der Waals surface area contributed by atoms with E-state index in [4.69, 9.17) is 4.74 Å². The second-order valence-electron chi connectivity index (χ2n) is 4.16. The van der Waals surface area contributed by atoms with Gasteiger partial charge in [-0.05, 0) is 30.7 Å². The number of ether oxygens (including phenoxy) is 1. The van der Waals surface area contributed by atoms with Crippen LogP contribution in [-0.4, -0.2) is 11.0 Å². The van der Waals surface area contributed by atoms with Crippen molar-refractivity contribution in [2.45, 2.75) is 32.6 Å². The zero-order chi connectivity index (χ0) is 12.1. The number of rotatable bonds is 5. The first-order valence-corrected chi connectivity index (χ1v) is 6.07. The summed E-state index contributed by atoms with van der Waals surface area (Å²) in [5.74, 6) is 0.479. The van der Waals surface area contributed by atoms with Gasteiger partial charge < -0.3 is 9.72 Å². The fraction of sp³-hybridized carbons (Fsp3) is 0.357. The van der Waals surface area contributed by atoms with Gasteiger partial charge in [0.15, 0.2) is 0 Å². The lowest BCUT2D eigenvalue weighted by molar-refractivity contribution is -0.134. The second-order valence-corrected chi connectivity index (χ2v) is 4.16. The van der Waals surface area contributed by atoms with Gasteiger partial charge in [0.05, 0.1) is 0 Å². The van der Waals surface area contributed by atoms with Crippen LogP contribution in [0.5, 0.6) is 5.75 Å². The van der Waals surface area contributed by atoms with Crippen molar-refractivity contribution in [2.24, 2.45) is 0 Å². The fourth-order valence-electron chi connectivity index (χ4n) is 1.80. The topological polar surface area (TPSA) is 42.1 Å². The molecule has 0 fully saturated rings. The number of fused-ring (bicyclic) bond motifs is 1. The maximum atomic E-state index is 11.5. The maximum absolute atomic E-state index is 11.5. The van der Waals surface area contributed by atoms with E-state index in [-0.39, 0.29) is 5.97 Å². The number of unbranched alkanes of at least 4 members (excludes halogenated alkanes) is 2. The lowest BCUT2D eigenvalue weighted by atomic mass is 10.2. The quantitative estimate of drug-likeness (QED) is 0.485. The SMILES string of the molecule is CCCCCC(=O)Oc1ccc2[nH]ccc2c1. The van der Waals surface area contributed by atoms with Crippen molar-refractivity contribution >= 4 is 16.9 Å². The molecule has 1 heterocycles. The second kappa shape index (κ2) is 5.53. The minimum Gasteiger partial charge on any atom is -0.427 e. The largest absolute Gasteiger partial charge is 0.427 e. The van der Waals surface area contributed by atoms with E-state index in [1.165, 1.54) is 0 Å². The van der Waals surface area contributed by atoms with Gasteiger partial charge in [0.25, 0.3) is 0 Å². The van der Waals surface area contributed by atoms with Crippen LogP contribution in [0, 0.1) is 0 Å². The first kappa shape index (κ1) is 11.7. The Morgan fingerprint density at radius 1 is 1.29 bits per heavy atom. The summed E-state index contributed by atoms with van der Waals surface area (Å²) in [6.07, 6.45) is 5.47. The Balaban J connectivity index is 1.95. The van der Waals surface area contributed by atoms with Crippen LogP contribution < -0.4 is 4.74 Å². The molecule has 0 saturated heterocycles. The van der Waals surface area contributed by atoms with E-state index in [0.29, 0.717) is 12.2 Å². The van der Waals surface area contributed by atoms with Gasteiger partial charge in [0, 0.05) is 23.5 Å². The number of esters is 1. The van der Waals surface area contributed by atoms with E-state index >= 15 is 0 Å². The number of hydrogen-bond acceptors (Lipinski definition) is 2. The summed E-state index contributed by atoms with van der Waals surface area (Å²) in [5, 5.41) is 1.06. The molecule has 0 aliphatic rings. The molecule has 3 nitrogen and oxygen atoms in total. The Morgan fingerprint density at radius 2 is 2.18 bits per heavy atom. The summed E-state index contributed by atoms with van der Waals surface area (Å²) < 4.78 is 5.29. The first-order chi connectivity index (χ1) is 8.29. The summed E-state index contributed by atoms with van der Waals surface area (Å²) >= 11 is 0. The van der Waals surface area contributed by atoms with Gasteiger partial charge in [0.2, 0.25) is 0 Å². The van der Waals surface area contributed by atoms with Crippen molar-refractivity contribution in [1.29, 1.82) is 0 Å². The van der Waals surface area contributed by atoms with Gasteiger partial charge in [0.1, 0.15) is 5.75 Å². The monoisotopic (exact) mass is 231 g/mol. The third-order valence-corrected chi connectivity index (χ3v) is 2.74. The summed E-state index contributed by atoms with van der Waals surface area (Å²) in [7, 11) is 0. The average Bonchev–Trinajstić information content (AvgIpc) is 2.76. The molecule has 0 aliphatic heterocycles. The molecule has 2 rings (SSSR count). The third kappa shape index (κ3) is 3.09. The van der Waals surface area contributed by atoms with Crippen LogP contribution in [0.1, 0.15) is 32.6 Å². The molecule has 0 unspecified atom stereocenters. The third-order valence-electron chi connectivity index (χ3n) is 2.74. The van der Waals surface area contributed by atoms with Crippen LogP contribution in [0.25, 0.3) is 10.9 Å². The van der Waals surface area contributed by atoms with E-state index in [2.05, 4.69) is 11.9 Å². The normalized spacial score (nSPS) is 10.6. The number of nitrogens with one attached hydrogen (secondary N) is 1. The average molecular weight is 231 g/mol. The zero-order valence-corrected chi connectivity index (χ0v) is 10.0. The minimum atomic E-state index is -0.145. The predicted octanol–water partition coefficient (Wildman–Crippen LogP) is 3.65. The van der Waals surface area contributed by atoms with Crippen LogP contribution in [0.4, 0.5) is 0 Å². The van der Waals surface area contributed by atoms with Gasteiger partial charge in [-0.25, -0.2) is 0 Å². The number of carbonyl (C=O) groups is 1. The molecular formula is C14H17NO2. The maximum Gasteiger partial charge on any atom is 0.311 e. The predicted molar refractivity (Wildman–Crippen MR) is 68.1 cm³/mol. The van der Waals surface area contributed by atoms with E-state index in [1.54, 1.807) is 0 Å². The molecule has 2 aromatic rings. The highest BCUT2D eigenvalue weighted by Gasteiger charge is 2.05. The molecule has 3 heteroatoms. The van der Waals surface area contributed by atoms with Gasteiger partial charge >= 0.3 is 5.97 Å². The van der Waals surface area contributed by atoms with E-state index in [0.717, 1.165) is 30.2 Å². The molecule has 0 spiro atoms.